The largest absolute Gasteiger partial charge is 0.397 e. The summed E-state index contributed by atoms with van der Waals surface area (Å²) >= 11 is 5.89. The van der Waals surface area contributed by atoms with E-state index < -0.39 is 0 Å². The molecular weight excluding hydrogens is 286 g/mol. The second-order valence-electron chi connectivity index (χ2n) is 5.86. The molecule has 1 fully saturated rings. The number of benzene rings is 1. The van der Waals surface area contributed by atoms with E-state index >= 15 is 0 Å². The van der Waals surface area contributed by atoms with Crippen LogP contribution in [0, 0.1) is 0 Å². The highest BCUT2D eigenvalue weighted by Crippen LogP contribution is 2.25. The summed E-state index contributed by atoms with van der Waals surface area (Å²) in [5, 5.41) is 3.41. The van der Waals surface area contributed by atoms with Gasteiger partial charge in [0, 0.05) is 11.7 Å². The molecule has 1 saturated carbocycles. The average Bonchev–Trinajstić information content (AvgIpc) is 2.50. The first-order chi connectivity index (χ1) is 9.99. The van der Waals surface area contributed by atoms with Gasteiger partial charge in [0.15, 0.2) is 0 Å². The standard InChI is InChI=1S/C16H24ClN3O/c1-11(20(2)13-6-4-3-5-7-13)16(21)19-12-8-9-14(17)15(18)10-12/h8-11,13H,3-7,18H2,1-2H3,(H,19,21). The van der Waals surface area contributed by atoms with Gasteiger partial charge in [-0.3, -0.25) is 9.69 Å². The Hall–Kier alpha value is -1.26. The average molecular weight is 310 g/mol. The fourth-order valence-electron chi connectivity index (χ4n) is 2.86. The van der Waals surface area contributed by atoms with Crippen molar-refractivity contribution in [2.45, 2.75) is 51.1 Å². The molecule has 1 aliphatic rings. The third-order valence-electron chi connectivity index (χ3n) is 4.40. The van der Waals surface area contributed by atoms with Gasteiger partial charge >= 0.3 is 0 Å². The zero-order valence-corrected chi connectivity index (χ0v) is 13.5. The number of halogens is 1. The Labute approximate surface area is 131 Å². The number of rotatable bonds is 4. The van der Waals surface area contributed by atoms with E-state index in [0.717, 1.165) is 0 Å². The lowest BCUT2D eigenvalue weighted by atomic mass is 9.93. The van der Waals surface area contributed by atoms with Crippen LogP contribution in [0.3, 0.4) is 0 Å². The van der Waals surface area contributed by atoms with Crippen LogP contribution in [0.2, 0.25) is 5.02 Å². The fraction of sp³-hybridized carbons (Fsp3) is 0.562. The third kappa shape index (κ3) is 4.11. The molecule has 2 rings (SSSR count). The lowest BCUT2D eigenvalue weighted by Crippen LogP contribution is -2.46. The maximum atomic E-state index is 12.4. The van der Waals surface area contributed by atoms with Crippen molar-refractivity contribution in [2.24, 2.45) is 0 Å². The predicted molar refractivity (Wildman–Crippen MR) is 88.6 cm³/mol. The molecule has 1 aliphatic carbocycles. The molecule has 0 saturated heterocycles. The molecule has 5 heteroatoms. The number of nitrogen functional groups attached to an aromatic ring is 1. The molecule has 0 heterocycles. The number of hydrogen-bond donors (Lipinski definition) is 2. The fourth-order valence-corrected chi connectivity index (χ4v) is 2.98. The number of nitrogens with one attached hydrogen (secondary N) is 1. The molecule has 116 valence electrons. The maximum Gasteiger partial charge on any atom is 0.241 e. The van der Waals surface area contributed by atoms with Gasteiger partial charge in [-0.05, 0) is 45.0 Å². The van der Waals surface area contributed by atoms with Gasteiger partial charge in [0.25, 0.3) is 0 Å². The minimum Gasteiger partial charge on any atom is -0.397 e. The van der Waals surface area contributed by atoms with Gasteiger partial charge in [-0.15, -0.1) is 0 Å². The van der Waals surface area contributed by atoms with Crippen molar-refractivity contribution in [1.82, 2.24) is 4.90 Å². The van der Waals surface area contributed by atoms with Gasteiger partial charge in [0.1, 0.15) is 0 Å². The number of likely N-dealkylation sites (N-methyl/N-ethyl adjacent to an activating group) is 1. The lowest BCUT2D eigenvalue weighted by molar-refractivity contribution is -0.121. The molecule has 1 atom stereocenters. The van der Waals surface area contributed by atoms with Gasteiger partial charge in [0.2, 0.25) is 5.91 Å². The van der Waals surface area contributed by atoms with Crippen molar-refractivity contribution < 1.29 is 4.79 Å². The molecule has 1 amide bonds. The topological polar surface area (TPSA) is 58.4 Å². The Bertz CT molecular complexity index is 500. The first-order valence-corrected chi connectivity index (χ1v) is 7.94. The van der Waals surface area contributed by atoms with Crippen LogP contribution in [0.25, 0.3) is 0 Å². The SMILES string of the molecule is CC(C(=O)Nc1ccc(Cl)c(N)c1)N(C)C1CCCCC1. The van der Waals surface area contributed by atoms with Crippen LogP contribution in [0.15, 0.2) is 18.2 Å². The van der Waals surface area contributed by atoms with Gasteiger partial charge in [0.05, 0.1) is 16.8 Å². The first kappa shape index (κ1) is 16.1. The second kappa shape index (κ2) is 7.14. The van der Waals surface area contributed by atoms with E-state index in [0.29, 0.717) is 22.4 Å². The maximum absolute atomic E-state index is 12.4. The summed E-state index contributed by atoms with van der Waals surface area (Å²) in [6, 6.07) is 5.50. The first-order valence-electron chi connectivity index (χ1n) is 7.57. The minimum absolute atomic E-state index is 0.00945. The summed E-state index contributed by atoms with van der Waals surface area (Å²) in [5.41, 5.74) is 6.92. The Morgan fingerprint density at radius 2 is 2.05 bits per heavy atom. The van der Waals surface area contributed by atoms with Gasteiger partial charge in [-0.2, -0.15) is 0 Å². The monoisotopic (exact) mass is 309 g/mol. The van der Waals surface area contributed by atoms with Crippen LogP contribution in [0.1, 0.15) is 39.0 Å². The van der Waals surface area contributed by atoms with Crippen LogP contribution in [-0.4, -0.2) is 29.9 Å². The van der Waals surface area contributed by atoms with Gasteiger partial charge < -0.3 is 11.1 Å². The number of nitrogens with two attached hydrogens (primary N) is 1. The highest BCUT2D eigenvalue weighted by atomic mass is 35.5. The molecular formula is C16H24ClN3O. The smallest absolute Gasteiger partial charge is 0.241 e. The molecule has 1 unspecified atom stereocenters. The van der Waals surface area contributed by atoms with Crippen LogP contribution in [0.4, 0.5) is 11.4 Å². The second-order valence-corrected chi connectivity index (χ2v) is 6.27. The predicted octanol–water partition coefficient (Wildman–Crippen LogP) is 3.51. The molecule has 0 aromatic heterocycles. The Morgan fingerprint density at radius 1 is 1.38 bits per heavy atom. The highest BCUT2D eigenvalue weighted by Gasteiger charge is 2.26. The molecule has 21 heavy (non-hydrogen) atoms. The summed E-state index contributed by atoms with van der Waals surface area (Å²) in [5.74, 6) is -0.00945. The summed E-state index contributed by atoms with van der Waals surface area (Å²) in [4.78, 5) is 14.6. The summed E-state index contributed by atoms with van der Waals surface area (Å²) < 4.78 is 0. The van der Waals surface area contributed by atoms with Gasteiger partial charge in [-0.1, -0.05) is 30.9 Å². The number of nitrogens with zero attached hydrogens (tertiary/aromatic N) is 1. The van der Waals surface area contributed by atoms with Crippen molar-refractivity contribution in [3.63, 3.8) is 0 Å². The zero-order valence-electron chi connectivity index (χ0n) is 12.7. The van der Waals surface area contributed by atoms with Crippen molar-refractivity contribution in [2.75, 3.05) is 18.1 Å². The summed E-state index contributed by atoms with van der Waals surface area (Å²) in [7, 11) is 2.04. The molecule has 0 radical (unpaired) electrons. The third-order valence-corrected chi connectivity index (χ3v) is 4.75. The summed E-state index contributed by atoms with van der Waals surface area (Å²) in [6.45, 7) is 1.95. The van der Waals surface area contributed by atoms with E-state index in [1.807, 2.05) is 14.0 Å². The van der Waals surface area contributed by atoms with E-state index in [2.05, 4.69) is 10.2 Å². The molecule has 1 aromatic rings. The number of amides is 1. The number of carbonyl (C=O) groups excluding carboxylic acids is 1. The zero-order chi connectivity index (χ0) is 15.4. The van der Waals surface area contributed by atoms with E-state index in [1.54, 1.807) is 18.2 Å². The number of carbonyl (C=O) groups is 1. The molecule has 0 bridgehead atoms. The molecule has 4 nitrogen and oxygen atoms in total. The van der Waals surface area contributed by atoms with E-state index in [4.69, 9.17) is 17.3 Å². The quantitative estimate of drug-likeness (QED) is 0.837. The van der Waals surface area contributed by atoms with Crippen LogP contribution in [-0.2, 0) is 4.79 Å². The van der Waals surface area contributed by atoms with Crippen LogP contribution in [0.5, 0.6) is 0 Å². The van der Waals surface area contributed by atoms with E-state index in [-0.39, 0.29) is 11.9 Å². The minimum atomic E-state index is -0.162. The highest BCUT2D eigenvalue weighted by molar-refractivity contribution is 6.33. The Kier molecular flexibility index (Phi) is 5.48. The number of anilines is 2. The number of hydrogen-bond acceptors (Lipinski definition) is 3. The van der Waals surface area contributed by atoms with Crippen molar-refractivity contribution in [3.05, 3.63) is 23.2 Å². The normalized spacial score (nSPS) is 17.7. The van der Waals surface area contributed by atoms with Crippen molar-refractivity contribution >= 4 is 28.9 Å². The van der Waals surface area contributed by atoms with E-state index in [9.17, 15) is 4.79 Å². The Balaban J connectivity index is 1.96. The molecule has 0 spiro atoms. The molecule has 3 N–H and O–H groups in total. The Morgan fingerprint density at radius 3 is 2.67 bits per heavy atom. The van der Waals surface area contributed by atoms with Crippen molar-refractivity contribution in [1.29, 1.82) is 0 Å². The molecule has 0 aliphatic heterocycles. The van der Waals surface area contributed by atoms with Crippen LogP contribution < -0.4 is 11.1 Å². The summed E-state index contributed by atoms with van der Waals surface area (Å²) in [6.07, 6.45) is 6.20. The molecule has 1 aromatic carbocycles. The van der Waals surface area contributed by atoms with Crippen LogP contribution >= 0.6 is 11.6 Å². The lowest BCUT2D eigenvalue weighted by Gasteiger charge is -2.34. The van der Waals surface area contributed by atoms with Gasteiger partial charge in [-0.25, -0.2) is 0 Å². The van der Waals surface area contributed by atoms with E-state index in [1.165, 1.54) is 32.1 Å². The van der Waals surface area contributed by atoms with Crippen molar-refractivity contribution in [3.8, 4) is 0 Å².